The maximum atomic E-state index is 5.65. The first-order valence-corrected chi connectivity index (χ1v) is 7.74. The van der Waals surface area contributed by atoms with Crippen molar-refractivity contribution in [3.05, 3.63) is 17.5 Å². The number of nitrogens with two attached hydrogens (primary N) is 1. The van der Waals surface area contributed by atoms with Crippen LogP contribution in [0.15, 0.2) is 6.07 Å². The zero-order valence-corrected chi connectivity index (χ0v) is 12.4. The molecule has 0 aromatic carbocycles. The highest BCUT2D eigenvalue weighted by molar-refractivity contribution is 5.10. The molecule has 19 heavy (non-hydrogen) atoms. The molecule has 1 aromatic heterocycles. The molecular formula is C15H28N4. The van der Waals surface area contributed by atoms with Crippen molar-refractivity contribution in [3.63, 3.8) is 0 Å². The molecule has 1 aliphatic rings. The molecule has 2 rings (SSSR count). The van der Waals surface area contributed by atoms with Crippen LogP contribution in [0.1, 0.15) is 44.5 Å². The number of aryl methyl sites for hydroxylation is 2. The Labute approximate surface area is 117 Å². The Morgan fingerprint density at radius 2 is 2.05 bits per heavy atom. The number of rotatable bonds is 6. The molecule has 1 saturated heterocycles. The third-order valence-electron chi connectivity index (χ3n) is 4.24. The first kappa shape index (κ1) is 14.5. The van der Waals surface area contributed by atoms with Crippen LogP contribution in [0.5, 0.6) is 0 Å². The molecule has 4 nitrogen and oxygen atoms in total. The van der Waals surface area contributed by atoms with Gasteiger partial charge >= 0.3 is 0 Å². The molecule has 2 heterocycles. The Kier molecular flexibility index (Phi) is 5.40. The fourth-order valence-electron chi connectivity index (χ4n) is 2.99. The fraction of sp³-hybridized carbons (Fsp3) is 0.800. The predicted octanol–water partition coefficient (Wildman–Crippen LogP) is 2.03. The lowest BCUT2D eigenvalue weighted by Crippen LogP contribution is -2.34. The molecule has 1 fully saturated rings. The summed E-state index contributed by atoms with van der Waals surface area (Å²) in [7, 11) is 0. The first-order valence-electron chi connectivity index (χ1n) is 7.74. The number of piperidine rings is 1. The molecule has 4 heteroatoms. The molecule has 108 valence electrons. The second-order valence-corrected chi connectivity index (χ2v) is 5.59. The molecule has 0 unspecified atom stereocenters. The number of hydrogen-bond donors (Lipinski definition) is 1. The van der Waals surface area contributed by atoms with Gasteiger partial charge in [0, 0.05) is 13.1 Å². The van der Waals surface area contributed by atoms with Crippen molar-refractivity contribution < 1.29 is 0 Å². The van der Waals surface area contributed by atoms with E-state index in [4.69, 9.17) is 5.73 Å². The van der Waals surface area contributed by atoms with Crippen molar-refractivity contribution in [2.45, 2.75) is 52.6 Å². The summed E-state index contributed by atoms with van der Waals surface area (Å²) in [6.45, 7) is 9.62. The highest BCUT2D eigenvalue weighted by Crippen LogP contribution is 2.21. The fourth-order valence-corrected chi connectivity index (χ4v) is 2.99. The standard InChI is InChI=1S/C15H28N4/c1-3-14-11-15(19(4-2)17-14)12-18-9-6-13(5-8-16)7-10-18/h11,13H,3-10,12,16H2,1-2H3. The second-order valence-electron chi connectivity index (χ2n) is 5.59. The average Bonchev–Trinajstić information content (AvgIpc) is 2.83. The summed E-state index contributed by atoms with van der Waals surface area (Å²) in [5, 5.41) is 4.63. The van der Waals surface area contributed by atoms with E-state index in [-0.39, 0.29) is 0 Å². The van der Waals surface area contributed by atoms with Gasteiger partial charge in [0.15, 0.2) is 0 Å². The van der Waals surface area contributed by atoms with Crippen molar-refractivity contribution in [1.82, 2.24) is 14.7 Å². The largest absolute Gasteiger partial charge is 0.330 e. The van der Waals surface area contributed by atoms with E-state index in [1.54, 1.807) is 0 Å². The van der Waals surface area contributed by atoms with Gasteiger partial charge < -0.3 is 5.73 Å². The number of nitrogens with zero attached hydrogens (tertiary/aromatic N) is 3. The third kappa shape index (κ3) is 3.80. The molecule has 0 bridgehead atoms. The lowest BCUT2D eigenvalue weighted by molar-refractivity contribution is 0.169. The monoisotopic (exact) mass is 264 g/mol. The number of aromatic nitrogens is 2. The van der Waals surface area contributed by atoms with E-state index in [9.17, 15) is 0 Å². The van der Waals surface area contributed by atoms with E-state index in [2.05, 4.69) is 34.6 Å². The van der Waals surface area contributed by atoms with Crippen LogP contribution >= 0.6 is 0 Å². The average molecular weight is 264 g/mol. The first-order chi connectivity index (χ1) is 9.26. The highest BCUT2D eigenvalue weighted by Gasteiger charge is 2.19. The van der Waals surface area contributed by atoms with Gasteiger partial charge in [-0.3, -0.25) is 9.58 Å². The van der Waals surface area contributed by atoms with Gasteiger partial charge in [0.1, 0.15) is 0 Å². The molecule has 0 amide bonds. The molecule has 0 spiro atoms. The molecule has 1 aliphatic heterocycles. The van der Waals surface area contributed by atoms with Gasteiger partial charge in [0.25, 0.3) is 0 Å². The minimum Gasteiger partial charge on any atom is -0.330 e. The Hall–Kier alpha value is -0.870. The van der Waals surface area contributed by atoms with Gasteiger partial charge in [-0.25, -0.2) is 0 Å². The van der Waals surface area contributed by atoms with Crippen molar-refractivity contribution in [1.29, 1.82) is 0 Å². The van der Waals surface area contributed by atoms with Gasteiger partial charge in [0.2, 0.25) is 0 Å². The van der Waals surface area contributed by atoms with E-state index in [1.807, 2.05) is 0 Å². The lowest BCUT2D eigenvalue weighted by Gasteiger charge is -2.31. The SMILES string of the molecule is CCc1cc(CN2CCC(CCN)CC2)n(CC)n1. The Bertz CT molecular complexity index is 377. The van der Waals surface area contributed by atoms with Crippen molar-refractivity contribution in [3.8, 4) is 0 Å². The zero-order chi connectivity index (χ0) is 13.7. The summed E-state index contributed by atoms with van der Waals surface area (Å²) in [6.07, 6.45) is 4.83. The number of likely N-dealkylation sites (tertiary alicyclic amines) is 1. The summed E-state index contributed by atoms with van der Waals surface area (Å²) in [5.41, 5.74) is 8.24. The van der Waals surface area contributed by atoms with Crippen LogP contribution in [0.25, 0.3) is 0 Å². The quantitative estimate of drug-likeness (QED) is 0.855. The molecule has 0 atom stereocenters. The van der Waals surface area contributed by atoms with E-state index >= 15 is 0 Å². The number of hydrogen-bond acceptors (Lipinski definition) is 3. The van der Waals surface area contributed by atoms with Crippen LogP contribution in [-0.2, 0) is 19.5 Å². The van der Waals surface area contributed by atoms with Crippen LogP contribution in [0, 0.1) is 5.92 Å². The summed E-state index contributed by atoms with van der Waals surface area (Å²) < 4.78 is 2.16. The summed E-state index contributed by atoms with van der Waals surface area (Å²) >= 11 is 0. The summed E-state index contributed by atoms with van der Waals surface area (Å²) in [5.74, 6) is 0.850. The minimum atomic E-state index is 0.840. The topological polar surface area (TPSA) is 47.1 Å². The predicted molar refractivity (Wildman–Crippen MR) is 79.0 cm³/mol. The summed E-state index contributed by atoms with van der Waals surface area (Å²) in [6, 6.07) is 2.27. The minimum absolute atomic E-state index is 0.840. The van der Waals surface area contributed by atoms with Crippen LogP contribution in [-0.4, -0.2) is 34.3 Å². The van der Waals surface area contributed by atoms with E-state index in [1.165, 1.54) is 43.7 Å². The van der Waals surface area contributed by atoms with Crippen LogP contribution in [0.2, 0.25) is 0 Å². The van der Waals surface area contributed by atoms with Gasteiger partial charge in [-0.05, 0) is 64.2 Å². The molecule has 0 aliphatic carbocycles. The highest BCUT2D eigenvalue weighted by atomic mass is 15.3. The van der Waals surface area contributed by atoms with Gasteiger partial charge in [-0.2, -0.15) is 5.10 Å². The molecule has 1 aromatic rings. The van der Waals surface area contributed by atoms with E-state index in [0.29, 0.717) is 0 Å². The van der Waals surface area contributed by atoms with E-state index in [0.717, 1.165) is 32.0 Å². The third-order valence-corrected chi connectivity index (χ3v) is 4.24. The Morgan fingerprint density at radius 3 is 2.63 bits per heavy atom. The normalized spacial score (nSPS) is 18.1. The van der Waals surface area contributed by atoms with Gasteiger partial charge in [-0.1, -0.05) is 6.92 Å². The van der Waals surface area contributed by atoms with Crippen molar-refractivity contribution >= 4 is 0 Å². The van der Waals surface area contributed by atoms with Crippen LogP contribution in [0.4, 0.5) is 0 Å². The second kappa shape index (κ2) is 7.06. The van der Waals surface area contributed by atoms with Crippen LogP contribution < -0.4 is 5.73 Å². The Balaban J connectivity index is 1.89. The molecule has 0 radical (unpaired) electrons. The molecular weight excluding hydrogens is 236 g/mol. The summed E-state index contributed by atoms with van der Waals surface area (Å²) in [4.78, 5) is 2.57. The van der Waals surface area contributed by atoms with Crippen molar-refractivity contribution in [2.75, 3.05) is 19.6 Å². The Morgan fingerprint density at radius 1 is 1.32 bits per heavy atom. The smallest absolute Gasteiger partial charge is 0.0625 e. The van der Waals surface area contributed by atoms with E-state index < -0.39 is 0 Å². The maximum absolute atomic E-state index is 5.65. The van der Waals surface area contributed by atoms with Crippen LogP contribution in [0.3, 0.4) is 0 Å². The lowest BCUT2D eigenvalue weighted by atomic mass is 9.93. The molecule has 0 saturated carbocycles. The maximum Gasteiger partial charge on any atom is 0.0625 e. The van der Waals surface area contributed by atoms with Gasteiger partial charge in [-0.15, -0.1) is 0 Å². The van der Waals surface area contributed by atoms with Crippen molar-refractivity contribution in [2.24, 2.45) is 11.7 Å². The zero-order valence-electron chi connectivity index (χ0n) is 12.4. The van der Waals surface area contributed by atoms with Gasteiger partial charge in [0.05, 0.1) is 11.4 Å². The molecule has 2 N–H and O–H groups in total.